The molecular weight excluding hydrogens is 228 g/mol. The Labute approximate surface area is 104 Å². The van der Waals surface area contributed by atoms with Gasteiger partial charge in [0.15, 0.2) is 5.65 Å². The number of aromatic hydroxyl groups is 1. The van der Waals surface area contributed by atoms with E-state index in [4.69, 9.17) is 5.73 Å². The van der Waals surface area contributed by atoms with E-state index < -0.39 is 0 Å². The Morgan fingerprint density at radius 3 is 2.89 bits per heavy atom. The lowest BCUT2D eigenvalue weighted by molar-refractivity contribution is 0.475. The first-order chi connectivity index (χ1) is 8.78. The number of aromatic nitrogens is 3. The lowest BCUT2D eigenvalue weighted by Crippen LogP contribution is -1.97. The fourth-order valence-corrected chi connectivity index (χ4v) is 1.90. The summed E-state index contributed by atoms with van der Waals surface area (Å²) in [5, 5.41) is 13.7. The van der Waals surface area contributed by atoms with Gasteiger partial charge in [0.05, 0.1) is 6.20 Å². The lowest BCUT2D eigenvalue weighted by atomic mass is 10.1. The molecule has 0 spiro atoms. The Hall–Kier alpha value is -2.40. The molecule has 0 saturated carbocycles. The van der Waals surface area contributed by atoms with E-state index in [0.29, 0.717) is 6.54 Å². The average molecular weight is 240 g/mol. The van der Waals surface area contributed by atoms with Gasteiger partial charge in [0.1, 0.15) is 5.75 Å². The first-order valence-electron chi connectivity index (χ1n) is 5.59. The fraction of sp³-hybridized carbons (Fsp3) is 0.0769. The van der Waals surface area contributed by atoms with E-state index >= 15 is 0 Å². The highest BCUT2D eigenvalue weighted by molar-refractivity contribution is 5.64. The molecule has 2 heterocycles. The molecule has 3 N–H and O–H groups in total. The molecule has 5 nitrogen and oxygen atoms in total. The molecule has 18 heavy (non-hydrogen) atoms. The molecule has 0 amide bonds. The summed E-state index contributed by atoms with van der Waals surface area (Å²) in [7, 11) is 0. The van der Waals surface area contributed by atoms with Crippen LogP contribution in [0, 0.1) is 0 Å². The molecule has 0 aliphatic rings. The Morgan fingerprint density at radius 2 is 2.11 bits per heavy atom. The van der Waals surface area contributed by atoms with Crippen molar-refractivity contribution in [1.82, 2.24) is 14.6 Å². The number of phenols is 1. The standard InChI is InChI=1S/C13H12N4O/c14-5-10-7-16-17-8-11(6-15-13(10)17)9-2-1-3-12(18)4-9/h1-4,6-8,18H,5,14H2. The number of hydrogen-bond acceptors (Lipinski definition) is 4. The summed E-state index contributed by atoms with van der Waals surface area (Å²) < 4.78 is 1.70. The van der Waals surface area contributed by atoms with Gasteiger partial charge < -0.3 is 10.8 Å². The molecule has 2 aromatic heterocycles. The van der Waals surface area contributed by atoms with Crippen molar-refractivity contribution in [2.24, 2.45) is 5.73 Å². The summed E-state index contributed by atoms with van der Waals surface area (Å²) in [5.41, 5.74) is 9.07. The summed E-state index contributed by atoms with van der Waals surface area (Å²) in [5.74, 6) is 0.232. The summed E-state index contributed by atoms with van der Waals surface area (Å²) in [6.07, 6.45) is 5.34. The van der Waals surface area contributed by atoms with Crippen molar-refractivity contribution in [3.8, 4) is 16.9 Å². The van der Waals surface area contributed by atoms with Gasteiger partial charge in [-0.15, -0.1) is 0 Å². The molecule has 3 aromatic rings. The molecule has 0 fully saturated rings. The lowest BCUT2D eigenvalue weighted by Gasteiger charge is -2.03. The van der Waals surface area contributed by atoms with E-state index in [0.717, 1.165) is 22.3 Å². The fourth-order valence-electron chi connectivity index (χ4n) is 1.90. The van der Waals surface area contributed by atoms with Gasteiger partial charge in [0, 0.05) is 30.1 Å². The third kappa shape index (κ3) is 1.70. The van der Waals surface area contributed by atoms with Crippen LogP contribution in [0.1, 0.15) is 5.56 Å². The molecule has 0 aliphatic heterocycles. The van der Waals surface area contributed by atoms with Crippen molar-refractivity contribution in [2.45, 2.75) is 6.54 Å². The van der Waals surface area contributed by atoms with Crippen molar-refractivity contribution >= 4 is 5.65 Å². The number of phenolic OH excluding ortho intramolecular Hbond substituents is 1. The molecule has 0 atom stereocenters. The molecule has 0 radical (unpaired) electrons. The predicted molar refractivity (Wildman–Crippen MR) is 68.0 cm³/mol. The zero-order valence-corrected chi connectivity index (χ0v) is 9.61. The SMILES string of the molecule is NCc1cnn2cc(-c3cccc(O)c3)cnc12. The van der Waals surface area contributed by atoms with Crippen LogP contribution in [0.5, 0.6) is 5.75 Å². The third-order valence-corrected chi connectivity index (χ3v) is 2.83. The van der Waals surface area contributed by atoms with E-state index in [-0.39, 0.29) is 5.75 Å². The topological polar surface area (TPSA) is 76.4 Å². The zero-order valence-electron chi connectivity index (χ0n) is 9.61. The van der Waals surface area contributed by atoms with Gasteiger partial charge in [0.2, 0.25) is 0 Å². The van der Waals surface area contributed by atoms with Crippen LogP contribution >= 0.6 is 0 Å². The summed E-state index contributed by atoms with van der Waals surface area (Å²) >= 11 is 0. The second kappa shape index (κ2) is 4.12. The Bertz CT molecular complexity index is 705. The highest BCUT2D eigenvalue weighted by atomic mass is 16.3. The maximum Gasteiger partial charge on any atom is 0.159 e. The third-order valence-electron chi connectivity index (χ3n) is 2.83. The van der Waals surface area contributed by atoms with Crippen LogP contribution in [0.4, 0.5) is 0 Å². The van der Waals surface area contributed by atoms with Crippen molar-refractivity contribution in [2.75, 3.05) is 0 Å². The maximum absolute atomic E-state index is 9.47. The Balaban J connectivity index is 2.14. The number of nitrogens with two attached hydrogens (primary N) is 1. The normalized spacial score (nSPS) is 10.9. The molecule has 3 rings (SSSR count). The van der Waals surface area contributed by atoms with Crippen LogP contribution in [-0.2, 0) is 6.54 Å². The highest BCUT2D eigenvalue weighted by Gasteiger charge is 2.06. The monoisotopic (exact) mass is 240 g/mol. The number of rotatable bonds is 2. The van der Waals surface area contributed by atoms with Crippen LogP contribution in [0.2, 0.25) is 0 Å². The van der Waals surface area contributed by atoms with Crippen molar-refractivity contribution < 1.29 is 5.11 Å². The maximum atomic E-state index is 9.47. The van der Waals surface area contributed by atoms with Crippen LogP contribution in [0.25, 0.3) is 16.8 Å². The minimum absolute atomic E-state index is 0.232. The van der Waals surface area contributed by atoms with Gasteiger partial charge >= 0.3 is 0 Å². The minimum atomic E-state index is 0.232. The first-order valence-corrected chi connectivity index (χ1v) is 5.59. The second-order valence-electron chi connectivity index (χ2n) is 4.04. The van der Waals surface area contributed by atoms with E-state index in [1.165, 1.54) is 0 Å². The van der Waals surface area contributed by atoms with Crippen LogP contribution in [0.15, 0.2) is 42.9 Å². The smallest absolute Gasteiger partial charge is 0.159 e. The Kier molecular flexibility index (Phi) is 2.46. The van der Waals surface area contributed by atoms with Crippen molar-refractivity contribution in [3.05, 3.63) is 48.4 Å². The van der Waals surface area contributed by atoms with Gasteiger partial charge in [-0.1, -0.05) is 12.1 Å². The van der Waals surface area contributed by atoms with Gasteiger partial charge in [0.25, 0.3) is 0 Å². The zero-order chi connectivity index (χ0) is 12.5. The van der Waals surface area contributed by atoms with Gasteiger partial charge in [-0.05, 0) is 17.7 Å². The van der Waals surface area contributed by atoms with Gasteiger partial charge in [-0.3, -0.25) is 0 Å². The van der Waals surface area contributed by atoms with Crippen molar-refractivity contribution in [3.63, 3.8) is 0 Å². The largest absolute Gasteiger partial charge is 0.508 e. The van der Waals surface area contributed by atoms with E-state index in [2.05, 4.69) is 10.1 Å². The van der Waals surface area contributed by atoms with Crippen LogP contribution < -0.4 is 5.73 Å². The van der Waals surface area contributed by atoms with Crippen LogP contribution in [0.3, 0.4) is 0 Å². The summed E-state index contributed by atoms with van der Waals surface area (Å²) in [4.78, 5) is 4.36. The molecule has 1 aromatic carbocycles. The number of fused-ring (bicyclic) bond motifs is 1. The molecule has 0 aliphatic carbocycles. The summed E-state index contributed by atoms with van der Waals surface area (Å²) in [6.45, 7) is 0.419. The van der Waals surface area contributed by atoms with Crippen LogP contribution in [-0.4, -0.2) is 19.7 Å². The predicted octanol–water partition coefficient (Wildman–Crippen LogP) is 1.56. The highest BCUT2D eigenvalue weighted by Crippen LogP contribution is 2.22. The van der Waals surface area contributed by atoms with E-state index in [1.54, 1.807) is 35.1 Å². The van der Waals surface area contributed by atoms with E-state index in [9.17, 15) is 5.11 Å². The van der Waals surface area contributed by atoms with Crippen molar-refractivity contribution in [1.29, 1.82) is 0 Å². The number of nitrogens with zero attached hydrogens (tertiary/aromatic N) is 3. The summed E-state index contributed by atoms with van der Waals surface area (Å²) in [6, 6.07) is 7.03. The molecule has 90 valence electrons. The molecule has 0 saturated heterocycles. The quantitative estimate of drug-likeness (QED) is 0.712. The van der Waals surface area contributed by atoms with Gasteiger partial charge in [-0.2, -0.15) is 5.10 Å². The first kappa shape index (κ1) is 10.7. The molecular formula is C13H12N4O. The Morgan fingerprint density at radius 1 is 1.22 bits per heavy atom. The van der Waals surface area contributed by atoms with E-state index in [1.807, 2.05) is 12.3 Å². The molecule has 0 bridgehead atoms. The number of benzene rings is 1. The molecule has 5 heteroatoms. The number of hydrogen-bond donors (Lipinski definition) is 2. The molecule has 0 unspecified atom stereocenters. The average Bonchev–Trinajstić information content (AvgIpc) is 2.80. The second-order valence-corrected chi connectivity index (χ2v) is 4.04. The van der Waals surface area contributed by atoms with Gasteiger partial charge in [-0.25, -0.2) is 9.50 Å². The minimum Gasteiger partial charge on any atom is -0.508 e.